The first kappa shape index (κ1) is 15.6. The van der Waals surface area contributed by atoms with E-state index in [9.17, 15) is 22.8 Å². The van der Waals surface area contributed by atoms with Crippen molar-refractivity contribution >= 4 is 17.6 Å². The highest BCUT2D eigenvalue weighted by Gasteiger charge is 2.30. The average molecular weight is 309 g/mol. The first-order chi connectivity index (χ1) is 10.3. The van der Waals surface area contributed by atoms with Gasteiger partial charge in [-0.15, -0.1) is 0 Å². The third-order valence-corrected chi connectivity index (χ3v) is 2.84. The van der Waals surface area contributed by atoms with Gasteiger partial charge in [0.05, 0.1) is 11.1 Å². The molecule has 22 heavy (non-hydrogen) atoms. The van der Waals surface area contributed by atoms with Gasteiger partial charge in [0, 0.05) is 11.3 Å². The maximum atomic E-state index is 12.4. The molecule has 0 saturated carbocycles. The van der Waals surface area contributed by atoms with Crippen LogP contribution in [0.1, 0.15) is 26.3 Å². The van der Waals surface area contributed by atoms with Crippen molar-refractivity contribution in [3.8, 4) is 0 Å². The molecule has 2 N–H and O–H groups in total. The SMILES string of the molecule is O=C(O)c1cccc(NC(=O)c2ccc(C(F)(F)F)cc2)c1. The Labute approximate surface area is 123 Å². The third-order valence-electron chi connectivity index (χ3n) is 2.84. The van der Waals surface area contributed by atoms with Crippen molar-refractivity contribution in [1.82, 2.24) is 0 Å². The normalized spacial score (nSPS) is 11.0. The van der Waals surface area contributed by atoms with Gasteiger partial charge in [-0.2, -0.15) is 13.2 Å². The van der Waals surface area contributed by atoms with E-state index in [0.29, 0.717) is 0 Å². The fraction of sp³-hybridized carbons (Fsp3) is 0.0667. The molecular formula is C15H10F3NO3. The minimum atomic E-state index is -4.47. The summed E-state index contributed by atoms with van der Waals surface area (Å²) < 4.78 is 37.3. The lowest BCUT2D eigenvalue weighted by molar-refractivity contribution is -0.137. The van der Waals surface area contributed by atoms with Crippen molar-refractivity contribution in [3.05, 3.63) is 65.2 Å². The summed E-state index contributed by atoms with van der Waals surface area (Å²) >= 11 is 0. The number of carbonyl (C=O) groups is 2. The molecule has 2 aromatic carbocycles. The Morgan fingerprint density at radius 1 is 0.955 bits per heavy atom. The van der Waals surface area contributed by atoms with E-state index in [2.05, 4.69) is 5.32 Å². The number of hydrogen-bond acceptors (Lipinski definition) is 2. The third kappa shape index (κ3) is 3.63. The molecule has 0 heterocycles. The number of carboxylic acids is 1. The van der Waals surface area contributed by atoms with Crippen molar-refractivity contribution in [2.45, 2.75) is 6.18 Å². The summed E-state index contributed by atoms with van der Waals surface area (Å²) in [4.78, 5) is 22.7. The van der Waals surface area contributed by atoms with E-state index in [1.54, 1.807) is 0 Å². The lowest BCUT2D eigenvalue weighted by Crippen LogP contribution is -2.13. The number of rotatable bonds is 3. The van der Waals surface area contributed by atoms with Crippen molar-refractivity contribution in [2.75, 3.05) is 5.32 Å². The van der Waals surface area contributed by atoms with Crippen LogP contribution >= 0.6 is 0 Å². The van der Waals surface area contributed by atoms with Crippen LogP contribution < -0.4 is 5.32 Å². The molecule has 0 aliphatic heterocycles. The highest BCUT2D eigenvalue weighted by atomic mass is 19.4. The van der Waals surface area contributed by atoms with E-state index in [-0.39, 0.29) is 16.8 Å². The minimum absolute atomic E-state index is 0.00906. The van der Waals surface area contributed by atoms with Crippen LogP contribution in [0.4, 0.5) is 18.9 Å². The Hall–Kier alpha value is -2.83. The molecule has 0 bridgehead atoms. The summed E-state index contributed by atoms with van der Waals surface area (Å²) in [5.41, 5.74) is -0.583. The lowest BCUT2D eigenvalue weighted by atomic mass is 10.1. The second kappa shape index (κ2) is 5.88. The maximum Gasteiger partial charge on any atom is 0.416 e. The van der Waals surface area contributed by atoms with Crippen LogP contribution in [0.3, 0.4) is 0 Å². The van der Waals surface area contributed by atoms with Gasteiger partial charge in [-0.25, -0.2) is 4.79 Å². The molecule has 114 valence electrons. The number of hydrogen-bond donors (Lipinski definition) is 2. The molecule has 2 aromatic rings. The molecule has 0 aliphatic rings. The van der Waals surface area contributed by atoms with E-state index in [1.807, 2.05) is 0 Å². The summed E-state index contributed by atoms with van der Waals surface area (Å²) in [6.45, 7) is 0. The van der Waals surface area contributed by atoms with Gasteiger partial charge >= 0.3 is 12.1 Å². The zero-order valence-electron chi connectivity index (χ0n) is 11.0. The van der Waals surface area contributed by atoms with Gasteiger partial charge in [-0.05, 0) is 42.5 Å². The van der Waals surface area contributed by atoms with Crippen LogP contribution in [0.15, 0.2) is 48.5 Å². The van der Waals surface area contributed by atoms with Crippen molar-refractivity contribution in [1.29, 1.82) is 0 Å². The minimum Gasteiger partial charge on any atom is -0.478 e. The summed E-state index contributed by atoms with van der Waals surface area (Å²) in [6, 6.07) is 9.27. The molecule has 0 spiro atoms. The van der Waals surface area contributed by atoms with Crippen molar-refractivity contribution < 1.29 is 27.9 Å². The number of anilines is 1. The van der Waals surface area contributed by atoms with Gasteiger partial charge in [0.15, 0.2) is 0 Å². The van der Waals surface area contributed by atoms with E-state index < -0.39 is 23.6 Å². The second-order valence-corrected chi connectivity index (χ2v) is 4.42. The molecule has 0 aliphatic carbocycles. The van der Waals surface area contributed by atoms with E-state index in [1.165, 1.54) is 24.3 Å². The Morgan fingerprint density at radius 2 is 1.59 bits per heavy atom. The predicted octanol–water partition coefficient (Wildman–Crippen LogP) is 3.66. The fourth-order valence-corrected chi connectivity index (χ4v) is 1.74. The van der Waals surface area contributed by atoms with E-state index in [0.717, 1.165) is 24.3 Å². The van der Waals surface area contributed by atoms with Gasteiger partial charge in [0.25, 0.3) is 5.91 Å². The van der Waals surface area contributed by atoms with Crippen LogP contribution in [0.2, 0.25) is 0 Å². The second-order valence-electron chi connectivity index (χ2n) is 4.42. The predicted molar refractivity (Wildman–Crippen MR) is 72.8 cm³/mol. The van der Waals surface area contributed by atoms with Crippen LogP contribution in [-0.2, 0) is 6.18 Å². The fourth-order valence-electron chi connectivity index (χ4n) is 1.74. The van der Waals surface area contributed by atoms with E-state index in [4.69, 9.17) is 5.11 Å². The van der Waals surface area contributed by atoms with Gasteiger partial charge in [0.2, 0.25) is 0 Å². The van der Waals surface area contributed by atoms with Crippen LogP contribution in [0.25, 0.3) is 0 Å². The van der Waals surface area contributed by atoms with Gasteiger partial charge in [0.1, 0.15) is 0 Å². The topological polar surface area (TPSA) is 66.4 Å². The molecular weight excluding hydrogens is 299 g/mol. The number of benzene rings is 2. The lowest BCUT2D eigenvalue weighted by Gasteiger charge is -2.08. The molecule has 1 amide bonds. The largest absolute Gasteiger partial charge is 0.478 e. The zero-order valence-corrected chi connectivity index (χ0v) is 11.0. The Balaban J connectivity index is 2.15. The van der Waals surface area contributed by atoms with Gasteiger partial charge in [-0.1, -0.05) is 6.07 Å². The highest BCUT2D eigenvalue weighted by Crippen LogP contribution is 2.29. The van der Waals surface area contributed by atoms with E-state index >= 15 is 0 Å². The number of amides is 1. The Bertz CT molecular complexity index is 709. The first-order valence-electron chi connectivity index (χ1n) is 6.09. The van der Waals surface area contributed by atoms with Crippen LogP contribution in [0.5, 0.6) is 0 Å². The standard InChI is InChI=1S/C15H10F3NO3/c16-15(17,18)11-6-4-9(5-7-11)13(20)19-12-3-1-2-10(8-12)14(21)22/h1-8H,(H,19,20)(H,21,22). The number of carbonyl (C=O) groups excluding carboxylic acids is 1. The zero-order chi connectivity index (χ0) is 16.3. The van der Waals surface area contributed by atoms with Crippen LogP contribution in [0, 0.1) is 0 Å². The summed E-state index contributed by atoms with van der Waals surface area (Å²) in [7, 11) is 0. The Morgan fingerprint density at radius 3 is 2.14 bits per heavy atom. The molecule has 0 unspecified atom stereocenters. The molecule has 7 heteroatoms. The monoisotopic (exact) mass is 309 g/mol. The number of aromatic carboxylic acids is 1. The maximum absolute atomic E-state index is 12.4. The first-order valence-corrected chi connectivity index (χ1v) is 6.09. The van der Waals surface area contributed by atoms with Crippen LogP contribution in [-0.4, -0.2) is 17.0 Å². The quantitative estimate of drug-likeness (QED) is 0.909. The van der Waals surface area contributed by atoms with Gasteiger partial charge < -0.3 is 10.4 Å². The van der Waals surface area contributed by atoms with Gasteiger partial charge in [-0.3, -0.25) is 4.79 Å². The summed E-state index contributed by atoms with van der Waals surface area (Å²) in [5, 5.41) is 11.3. The Kier molecular flexibility index (Phi) is 4.16. The molecule has 0 fully saturated rings. The molecule has 2 rings (SSSR count). The molecule has 0 saturated heterocycles. The highest BCUT2D eigenvalue weighted by molar-refractivity contribution is 6.04. The molecule has 0 radical (unpaired) electrons. The van der Waals surface area contributed by atoms with Crippen molar-refractivity contribution in [2.24, 2.45) is 0 Å². The molecule has 4 nitrogen and oxygen atoms in total. The number of carboxylic acid groups (broad SMARTS) is 1. The average Bonchev–Trinajstić information content (AvgIpc) is 2.46. The summed E-state index contributed by atoms with van der Waals surface area (Å²) in [6.07, 6.45) is -4.47. The number of alkyl halides is 3. The van der Waals surface area contributed by atoms with Crippen molar-refractivity contribution in [3.63, 3.8) is 0 Å². The number of nitrogens with one attached hydrogen (secondary N) is 1. The molecule has 0 aromatic heterocycles. The number of halogens is 3. The molecule has 0 atom stereocenters. The summed E-state index contributed by atoms with van der Waals surface area (Å²) in [5.74, 6) is -1.78. The smallest absolute Gasteiger partial charge is 0.416 e.